The summed E-state index contributed by atoms with van der Waals surface area (Å²) < 4.78 is 38.5. The highest BCUT2D eigenvalue weighted by Gasteiger charge is 2.30. The van der Waals surface area contributed by atoms with Crippen LogP contribution in [0.5, 0.6) is 0 Å². The number of benzene rings is 1. The first-order valence-corrected chi connectivity index (χ1v) is 5.70. The van der Waals surface area contributed by atoms with Crippen molar-refractivity contribution in [2.24, 2.45) is 0 Å². The zero-order valence-corrected chi connectivity index (χ0v) is 10.5. The van der Waals surface area contributed by atoms with Crippen LogP contribution in [0.3, 0.4) is 0 Å². The molecule has 1 aromatic heterocycles. The summed E-state index contributed by atoms with van der Waals surface area (Å²) in [6, 6.07) is 5.31. The molecule has 0 unspecified atom stereocenters. The van der Waals surface area contributed by atoms with Gasteiger partial charge in [-0.2, -0.15) is 13.2 Å². The van der Waals surface area contributed by atoms with Gasteiger partial charge in [-0.1, -0.05) is 12.1 Å². The molecule has 5 heteroatoms. The molecule has 0 radical (unpaired) electrons. The van der Waals surface area contributed by atoms with E-state index in [9.17, 15) is 13.2 Å². The van der Waals surface area contributed by atoms with E-state index in [0.29, 0.717) is 5.56 Å². The highest BCUT2D eigenvalue weighted by atomic mass is 79.9. The highest BCUT2D eigenvalue weighted by molar-refractivity contribution is 9.10. The van der Waals surface area contributed by atoms with Gasteiger partial charge in [0.15, 0.2) is 0 Å². The van der Waals surface area contributed by atoms with Gasteiger partial charge in [0.1, 0.15) is 0 Å². The fourth-order valence-corrected chi connectivity index (χ4v) is 1.96. The van der Waals surface area contributed by atoms with Crippen molar-refractivity contribution in [3.63, 3.8) is 0 Å². The molecular formula is C12H9BrF3N. The molecule has 17 heavy (non-hydrogen) atoms. The normalized spacial score (nSPS) is 11.8. The second kappa shape index (κ2) is 4.22. The molecule has 1 heterocycles. The van der Waals surface area contributed by atoms with Crippen molar-refractivity contribution in [3.8, 4) is 11.1 Å². The monoisotopic (exact) mass is 303 g/mol. The SMILES string of the molecule is Cc1c(-c2cccc(C(F)(F)F)c2)c[nH]c1Br. The van der Waals surface area contributed by atoms with E-state index in [2.05, 4.69) is 20.9 Å². The minimum atomic E-state index is -4.31. The van der Waals surface area contributed by atoms with E-state index >= 15 is 0 Å². The summed E-state index contributed by atoms with van der Waals surface area (Å²) in [4.78, 5) is 2.93. The van der Waals surface area contributed by atoms with Gasteiger partial charge in [0.25, 0.3) is 0 Å². The lowest BCUT2D eigenvalue weighted by molar-refractivity contribution is -0.137. The first kappa shape index (κ1) is 12.2. The van der Waals surface area contributed by atoms with Crippen LogP contribution in [0, 0.1) is 6.92 Å². The third-order valence-corrected chi connectivity index (χ3v) is 3.40. The summed E-state index contributed by atoms with van der Waals surface area (Å²) in [5.41, 5.74) is 1.58. The molecule has 0 aliphatic carbocycles. The number of aromatic nitrogens is 1. The maximum absolute atomic E-state index is 12.6. The van der Waals surface area contributed by atoms with E-state index < -0.39 is 11.7 Å². The average molecular weight is 304 g/mol. The number of alkyl halides is 3. The van der Waals surface area contributed by atoms with Crippen LogP contribution in [0.4, 0.5) is 13.2 Å². The smallest absolute Gasteiger partial charge is 0.355 e. The highest BCUT2D eigenvalue weighted by Crippen LogP contribution is 2.34. The summed E-state index contributed by atoms with van der Waals surface area (Å²) in [7, 11) is 0. The van der Waals surface area contributed by atoms with Gasteiger partial charge in [-0.25, -0.2) is 0 Å². The van der Waals surface area contributed by atoms with Crippen molar-refractivity contribution in [2.45, 2.75) is 13.1 Å². The molecule has 0 aliphatic heterocycles. The summed E-state index contributed by atoms with van der Waals surface area (Å²) in [5, 5.41) is 0. The van der Waals surface area contributed by atoms with Crippen molar-refractivity contribution in [3.05, 3.63) is 46.2 Å². The van der Waals surface area contributed by atoms with Crippen LogP contribution >= 0.6 is 15.9 Å². The number of hydrogen-bond donors (Lipinski definition) is 1. The fourth-order valence-electron chi connectivity index (χ4n) is 1.63. The predicted octanol–water partition coefficient (Wildman–Crippen LogP) is 4.77. The summed E-state index contributed by atoms with van der Waals surface area (Å²) in [6.07, 6.45) is -2.62. The lowest BCUT2D eigenvalue weighted by atomic mass is 10.0. The standard InChI is InChI=1S/C12H9BrF3N/c1-7-10(6-17-11(7)13)8-3-2-4-9(5-8)12(14,15)16/h2-6,17H,1H3. The van der Waals surface area contributed by atoms with E-state index in [1.54, 1.807) is 12.3 Å². The number of nitrogens with one attached hydrogen (secondary N) is 1. The number of hydrogen-bond acceptors (Lipinski definition) is 0. The topological polar surface area (TPSA) is 15.8 Å². The van der Waals surface area contributed by atoms with Crippen molar-refractivity contribution < 1.29 is 13.2 Å². The van der Waals surface area contributed by atoms with Crippen molar-refractivity contribution >= 4 is 15.9 Å². The summed E-state index contributed by atoms with van der Waals surface area (Å²) in [5.74, 6) is 0. The third-order valence-electron chi connectivity index (χ3n) is 2.58. The minimum Gasteiger partial charge on any atom is -0.355 e. The molecule has 1 nitrogen and oxygen atoms in total. The van der Waals surface area contributed by atoms with Crippen LogP contribution in [0.15, 0.2) is 35.1 Å². The van der Waals surface area contributed by atoms with Crippen LogP contribution in [0.1, 0.15) is 11.1 Å². The molecule has 2 rings (SSSR count). The van der Waals surface area contributed by atoms with Gasteiger partial charge in [0, 0.05) is 11.8 Å². The Kier molecular flexibility index (Phi) is 3.03. The summed E-state index contributed by atoms with van der Waals surface area (Å²) >= 11 is 3.29. The van der Waals surface area contributed by atoms with E-state index in [4.69, 9.17) is 0 Å². The number of rotatable bonds is 1. The van der Waals surface area contributed by atoms with E-state index in [1.165, 1.54) is 6.07 Å². The maximum Gasteiger partial charge on any atom is 0.416 e. The predicted molar refractivity (Wildman–Crippen MR) is 63.7 cm³/mol. The molecule has 0 bridgehead atoms. The Morgan fingerprint density at radius 2 is 1.94 bits per heavy atom. The van der Waals surface area contributed by atoms with Crippen LogP contribution in [0.2, 0.25) is 0 Å². The largest absolute Gasteiger partial charge is 0.416 e. The van der Waals surface area contributed by atoms with Gasteiger partial charge < -0.3 is 4.98 Å². The Balaban J connectivity index is 2.51. The summed E-state index contributed by atoms with van der Waals surface area (Å²) in [6.45, 7) is 1.84. The second-order valence-electron chi connectivity index (χ2n) is 3.72. The van der Waals surface area contributed by atoms with Gasteiger partial charge in [0.05, 0.1) is 10.2 Å². The lowest BCUT2D eigenvalue weighted by Gasteiger charge is -2.08. The molecule has 0 spiro atoms. The molecular weight excluding hydrogens is 295 g/mol. The quantitative estimate of drug-likeness (QED) is 0.781. The molecule has 0 fully saturated rings. The number of aromatic amines is 1. The van der Waals surface area contributed by atoms with Crippen LogP contribution in [-0.4, -0.2) is 4.98 Å². The average Bonchev–Trinajstić information content (AvgIpc) is 2.59. The van der Waals surface area contributed by atoms with Crippen molar-refractivity contribution in [2.75, 3.05) is 0 Å². The lowest BCUT2D eigenvalue weighted by Crippen LogP contribution is -2.04. The molecule has 0 amide bonds. The van der Waals surface area contributed by atoms with Crippen molar-refractivity contribution in [1.82, 2.24) is 4.98 Å². The van der Waals surface area contributed by atoms with E-state index in [-0.39, 0.29) is 0 Å². The first-order chi connectivity index (χ1) is 7.89. The van der Waals surface area contributed by atoms with Crippen LogP contribution < -0.4 is 0 Å². The Labute approximate surface area is 105 Å². The van der Waals surface area contributed by atoms with Crippen LogP contribution in [-0.2, 0) is 6.18 Å². The zero-order chi connectivity index (χ0) is 12.6. The molecule has 0 atom stereocenters. The van der Waals surface area contributed by atoms with E-state index in [0.717, 1.165) is 27.9 Å². The van der Waals surface area contributed by atoms with Crippen molar-refractivity contribution in [1.29, 1.82) is 0 Å². The maximum atomic E-state index is 12.6. The Bertz CT molecular complexity index is 543. The Morgan fingerprint density at radius 1 is 1.24 bits per heavy atom. The second-order valence-corrected chi connectivity index (χ2v) is 4.51. The molecule has 90 valence electrons. The van der Waals surface area contributed by atoms with Gasteiger partial charge in [-0.05, 0) is 46.1 Å². The van der Waals surface area contributed by atoms with Gasteiger partial charge in [-0.3, -0.25) is 0 Å². The molecule has 1 N–H and O–H groups in total. The Hall–Kier alpha value is -1.23. The molecule has 0 saturated carbocycles. The van der Waals surface area contributed by atoms with E-state index in [1.807, 2.05) is 6.92 Å². The fraction of sp³-hybridized carbons (Fsp3) is 0.167. The minimum absolute atomic E-state index is 0.555. The number of halogens is 4. The van der Waals surface area contributed by atoms with Gasteiger partial charge >= 0.3 is 6.18 Å². The zero-order valence-electron chi connectivity index (χ0n) is 8.90. The third kappa shape index (κ3) is 2.39. The molecule has 1 aromatic carbocycles. The van der Waals surface area contributed by atoms with Crippen LogP contribution in [0.25, 0.3) is 11.1 Å². The number of H-pyrrole nitrogens is 1. The molecule has 0 saturated heterocycles. The van der Waals surface area contributed by atoms with Gasteiger partial charge in [-0.15, -0.1) is 0 Å². The Morgan fingerprint density at radius 3 is 2.47 bits per heavy atom. The first-order valence-electron chi connectivity index (χ1n) is 4.90. The molecule has 2 aromatic rings. The van der Waals surface area contributed by atoms with Gasteiger partial charge in [0.2, 0.25) is 0 Å². The molecule has 0 aliphatic rings.